The molecule has 4 rings (SSSR count). The quantitative estimate of drug-likeness (QED) is 0.684. The van der Waals surface area contributed by atoms with Gasteiger partial charge in [-0.05, 0) is 75.6 Å². The number of carbonyl (C=O) groups excluding carboxylic acids is 1. The normalized spacial score (nSPS) is 22.3. The fourth-order valence-electron chi connectivity index (χ4n) is 5.36. The highest BCUT2D eigenvalue weighted by Gasteiger charge is 2.39. The summed E-state index contributed by atoms with van der Waals surface area (Å²) >= 11 is 0. The van der Waals surface area contributed by atoms with Gasteiger partial charge in [-0.25, -0.2) is 4.39 Å². The predicted octanol–water partition coefficient (Wildman–Crippen LogP) is 4.01. The summed E-state index contributed by atoms with van der Waals surface area (Å²) in [5.41, 5.74) is 1.79. The Hall–Kier alpha value is -2.64. The zero-order valence-electron chi connectivity index (χ0n) is 19.7. The third-order valence-corrected chi connectivity index (χ3v) is 7.14. The molecule has 2 fully saturated rings. The van der Waals surface area contributed by atoms with E-state index in [1.165, 1.54) is 12.1 Å². The van der Waals surface area contributed by atoms with Crippen LogP contribution in [-0.4, -0.2) is 62.7 Å². The van der Waals surface area contributed by atoms with E-state index < -0.39 is 0 Å². The molecule has 6 nitrogen and oxygen atoms in total. The van der Waals surface area contributed by atoms with Crippen LogP contribution < -0.4 is 14.8 Å². The van der Waals surface area contributed by atoms with Crippen LogP contribution in [0.5, 0.6) is 11.5 Å². The van der Waals surface area contributed by atoms with Crippen LogP contribution in [0, 0.1) is 17.7 Å². The average Bonchev–Trinajstić information content (AvgIpc) is 3.22. The molecule has 0 spiro atoms. The van der Waals surface area contributed by atoms with E-state index in [1.807, 2.05) is 12.1 Å². The first kappa shape index (κ1) is 23.5. The van der Waals surface area contributed by atoms with Gasteiger partial charge in [0.1, 0.15) is 5.82 Å². The number of piperidine rings is 1. The van der Waals surface area contributed by atoms with Gasteiger partial charge in [0.2, 0.25) is 5.91 Å². The minimum atomic E-state index is -0.301. The maximum Gasteiger partial charge on any atom is 0.228 e. The van der Waals surface area contributed by atoms with Gasteiger partial charge in [-0.3, -0.25) is 9.69 Å². The minimum Gasteiger partial charge on any atom is -0.493 e. The summed E-state index contributed by atoms with van der Waals surface area (Å²) in [5, 5.41) is 2.95. The first-order valence-electron chi connectivity index (χ1n) is 11.7. The lowest BCUT2D eigenvalue weighted by Crippen LogP contribution is -2.41. The van der Waals surface area contributed by atoms with Crippen molar-refractivity contribution in [2.75, 3.05) is 46.2 Å². The Bertz CT molecular complexity index is 944. The number of benzene rings is 2. The van der Waals surface area contributed by atoms with Crippen LogP contribution in [-0.2, 0) is 11.3 Å². The van der Waals surface area contributed by atoms with E-state index >= 15 is 0 Å². The molecule has 2 atom stereocenters. The summed E-state index contributed by atoms with van der Waals surface area (Å²) in [5.74, 6) is 1.85. The van der Waals surface area contributed by atoms with E-state index in [0.717, 1.165) is 62.5 Å². The number of methoxy groups -OCH3 is 2. The number of hydrogen-bond acceptors (Lipinski definition) is 5. The van der Waals surface area contributed by atoms with Gasteiger partial charge in [0.05, 0.1) is 20.1 Å². The van der Waals surface area contributed by atoms with Gasteiger partial charge in [0, 0.05) is 30.4 Å². The Morgan fingerprint density at radius 3 is 2.48 bits per heavy atom. The fraction of sp³-hybridized carbons (Fsp3) is 0.500. The van der Waals surface area contributed by atoms with Crippen molar-refractivity contribution >= 4 is 11.6 Å². The van der Waals surface area contributed by atoms with Crippen molar-refractivity contribution in [3.05, 3.63) is 53.8 Å². The smallest absolute Gasteiger partial charge is 0.228 e. The molecule has 0 aliphatic carbocycles. The molecular weight excluding hydrogens is 421 g/mol. The molecule has 1 N–H and O–H groups in total. The summed E-state index contributed by atoms with van der Waals surface area (Å²) < 4.78 is 24.1. The third-order valence-electron chi connectivity index (χ3n) is 7.14. The fourth-order valence-corrected chi connectivity index (χ4v) is 5.36. The van der Waals surface area contributed by atoms with E-state index in [0.29, 0.717) is 17.6 Å². The number of nitrogens with zero attached hydrogens (tertiary/aromatic N) is 2. The maximum absolute atomic E-state index is 13.1. The number of carbonyl (C=O) groups is 1. The largest absolute Gasteiger partial charge is 0.493 e. The molecule has 2 heterocycles. The number of para-hydroxylation sites is 1. The Labute approximate surface area is 195 Å². The lowest BCUT2D eigenvalue weighted by Gasteiger charge is -2.37. The van der Waals surface area contributed by atoms with Crippen LogP contribution in [0.3, 0.4) is 0 Å². The molecule has 2 aromatic rings. The van der Waals surface area contributed by atoms with Crippen LogP contribution in [0.4, 0.5) is 10.1 Å². The molecule has 1 amide bonds. The predicted molar refractivity (Wildman–Crippen MR) is 127 cm³/mol. The van der Waals surface area contributed by atoms with Crippen LogP contribution in [0.2, 0.25) is 0 Å². The van der Waals surface area contributed by atoms with E-state index in [2.05, 4.69) is 28.2 Å². The number of nitrogens with one attached hydrogen (secondary N) is 1. The molecule has 2 aliphatic rings. The van der Waals surface area contributed by atoms with Crippen molar-refractivity contribution in [1.82, 2.24) is 9.80 Å². The molecule has 0 saturated carbocycles. The maximum atomic E-state index is 13.1. The first-order valence-corrected chi connectivity index (χ1v) is 11.7. The Morgan fingerprint density at radius 2 is 1.82 bits per heavy atom. The molecular formula is C26H34FN3O3. The lowest BCUT2D eigenvalue weighted by atomic mass is 9.86. The summed E-state index contributed by atoms with van der Waals surface area (Å²) in [6.45, 7) is 3.67. The number of hydrogen-bond donors (Lipinski definition) is 1. The summed E-state index contributed by atoms with van der Waals surface area (Å²) in [7, 11) is 5.48. The molecule has 7 heteroatoms. The SMILES string of the molecule is COc1cccc(CN2CCC(C3CC(C(=O)Nc4ccc(F)cc4)CN3C)CC2)c1OC. The van der Waals surface area contributed by atoms with E-state index in [4.69, 9.17) is 9.47 Å². The second-order valence-electron chi connectivity index (χ2n) is 9.20. The monoisotopic (exact) mass is 455 g/mol. The summed E-state index contributed by atoms with van der Waals surface area (Å²) in [6, 6.07) is 12.4. The highest BCUT2D eigenvalue weighted by molar-refractivity contribution is 5.92. The summed E-state index contributed by atoms with van der Waals surface area (Å²) in [4.78, 5) is 17.6. The van der Waals surface area contributed by atoms with E-state index in [9.17, 15) is 9.18 Å². The van der Waals surface area contributed by atoms with Crippen LogP contribution >= 0.6 is 0 Å². The summed E-state index contributed by atoms with van der Waals surface area (Å²) in [6.07, 6.45) is 3.11. The first-order chi connectivity index (χ1) is 16.0. The Balaban J connectivity index is 1.30. The van der Waals surface area contributed by atoms with Gasteiger partial charge in [0.25, 0.3) is 0 Å². The molecule has 0 aromatic heterocycles. The van der Waals surface area contributed by atoms with Gasteiger partial charge in [0.15, 0.2) is 11.5 Å². The van der Waals surface area contributed by atoms with Crippen molar-refractivity contribution in [2.24, 2.45) is 11.8 Å². The Kier molecular flexibility index (Phi) is 7.50. The second-order valence-corrected chi connectivity index (χ2v) is 9.20. The van der Waals surface area contributed by atoms with Crippen LogP contribution in [0.15, 0.2) is 42.5 Å². The minimum absolute atomic E-state index is 0.0264. The third kappa shape index (κ3) is 5.47. The van der Waals surface area contributed by atoms with Crippen molar-refractivity contribution in [2.45, 2.75) is 31.8 Å². The van der Waals surface area contributed by atoms with Gasteiger partial charge >= 0.3 is 0 Å². The molecule has 2 aromatic carbocycles. The molecule has 2 unspecified atom stereocenters. The molecule has 0 radical (unpaired) electrons. The number of likely N-dealkylation sites (tertiary alicyclic amines) is 2. The highest BCUT2D eigenvalue weighted by Crippen LogP contribution is 2.35. The molecule has 2 aliphatic heterocycles. The standard InChI is InChI=1S/C26H34FN3O3/c1-29-16-20(26(31)28-22-9-7-21(27)8-10-22)15-23(29)18-11-13-30(14-12-18)17-19-5-4-6-24(32-2)25(19)33-3/h4-10,18,20,23H,11-17H2,1-3H3,(H,28,31). The van der Waals surface area contributed by atoms with Gasteiger partial charge < -0.3 is 19.7 Å². The molecule has 33 heavy (non-hydrogen) atoms. The number of halogens is 1. The number of anilines is 1. The van der Waals surface area contributed by atoms with Crippen LogP contribution in [0.1, 0.15) is 24.8 Å². The van der Waals surface area contributed by atoms with Crippen molar-refractivity contribution in [1.29, 1.82) is 0 Å². The van der Waals surface area contributed by atoms with Crippen LogP contribution in [0.25, 0.3) is 0 Å². The number of ether oxygens (including phenoxy) is 2. The Morgan fingerprint density at radius 1 is 1.09 bits per heavy atom. The number of rotatable bonds is 7. The zero-order chi connectivity index (χ0) is 23.4. The number of amides is 1. The zero-order valence-corrected chi connectivity index (χ0v) is 19.7. The van der Waals surface area contributed by atoms with E-state index in [1.54, 1.807) is 26.4 Å². The second kappa shape index (κ2) is 10.5. The van der Waals surface area contributed by atoms with Crippen molar-refractivity contribution in [3.8, 4) is 11.5 Å². The lowest BCUT2D eigenvalue weighted by molar-refractivity contribution is -0.119. The van der Waals surface area contributed by atoms with Gasteiger partial charge in [-0.2, -0.15) is 0 Å². The van der Waals surface area contributed by atoms with Crippen molar-refractivity contribution in [3.63, 3.8) is 0 Å². The average molecular weight is 456 g/mol. The van der Waals surface area contributed by atoms with Gasteiger partial charge in [-0.15, -0.1) is 0 Å². The molecule has 178 valence electrons. The highest BCUT2D eigenvalue weighted by atomic mass is 19.1. The van der Waals surface area contributed by atoms with E-state index in [-0.39, 0.29) is 17.6 Å². The van der Waals surface area contributed by atoms with Gasteiger partial charge in [-0.1, -0.05) is 12.1 Å². The van der Waals surface area contributed by atoms with Crippen molar-refractivity contribution < 1.29 is 18.7 Å². The molecule has 0 bridgehead atoms. The topological polar surface area (TPSA) is 54.0 Å². The molecule has 2 saturated heterocycles.